The summed E-state index contributed by atoms with van der Waals surface area (Å²) in [6.07, 6.45) is -4.54. The van der Waals surface area contributed by atoms with Crippen LogP contribution in [0.2, 0.25) is 5.28 Å². The molecule has 0 amide bonds. The number of benzene rings is 1. The van der Waals surface area contributed by atoms with Crippen LogP contribution in [0.15, 0.2) is 34.2 Å². The van der Waals surface area contributed by atoms with Gasteiger partial charge in [-0.05, 0) is 42.6 Å². The second-order valence-corrected chi connectivity index (χ2v) is 5.63. The summed E-state index contributed by atoms with van der Waals surface area (Å²) in [5.41, 5.74) is 0.948. The van der Waals surface area contributed by atoms with Crippen molar-refractivity contribution in [2.24, 2.45) is 0 Å². The van der Waals surface area contributed by atoms with Crippen molar-refractivity contribution in [3.63, 3.8) is 0 Å². The summed E-state index contributed by atoms with van der Waals surface area (Å²) < 4.78 is 38.0. The van der Waals surface area contributed by atoms with E-state index in [2.05, 4.69) is 9.97 Å². The number of aryl methyl sites for hydroxylation is 2. The highest BCUT2D eigenvalue weighted by Gasteiger charge is 2.33. The highest BCUT2D eigenvalue weighted by molar-refractivity contribution is 7.99. The van der Waals surface area contributed by atoms with Crippen LogP contribution in [0.5, 0.6) is 0 Å². The van der Waals surface area contributed by atoms with Gasteiger partial charge >= 0.3 is 6.18 Å². The highest BCUT2D eigenvalue weighted by Crippen LogP contribution is 2.34. The average molecular weight is 319 g/mol. The van der Waals surface area contributed by atoms with E-state index in [-0.39, 0.29) is 5.03 Å². The Hall–Kier alpha value is -1.27. The summed E-state index contributed by atoms with van der Waals surface area (Å²) in [5.74, 6) is 0. The molecule has 0 N–H and O–H groups in total. The van der Waals surface area contributed by atoms with E-state index in [1.54, 1.807) is 0 Å². The third-order valence-corrected chi connectivity index (χ3v) is 3.77. The fourth-order valence-electron chi connectivity index (χ4n) is 1.52. The second kappa shape index (κ2) is 5.61. The molecule has 0 radical (unpaired) electrons. The van der Waals surface area contributed by atoms with E-state index >= 15 is 0 Å². The summed E-state index contributed by atoms with van der Waals surface area (Å²) in [5, 5.41) is -0.237. The lowest BCUT2D eigenvalue weighted by atomic mass is 10.2. The zero-order chi connectivity index (χ0) is 14.9. The smallest absolute Gasteiger partial charge is 0.213 e. The summed E-state index contributed by atoms with van der Waals surface area (Å²) in [6.45, 7) is 3.80. The van der Waals surface area contributed by atoms with E-state index in [1.807, 2.05) is 32.0 Å². The van der Waals surface area contributed by atoms with Gasteiger partial charge in [-0.3, -0.25) is 0 Å². The van der Waals surface area contributed by atoms with Gasteiger partial charge in [0.25, 0.3) is 0 Å². The maximum Gasteiger partial charge on any atom is 0.433 e. The van der Waals surface area contributed by atoms with E-state index in [1.165, 1.54) is 0 Å². The van der Waals surface area contributed by atoms with Crippen LogP contribution < -0.4 is 0 Å². The van der Waals surface area contributed by atoms with Gasteiger partial charge in [0.15, 0.2) is 5.69 Å². The minimum absolute atomic E-state index is 0.172. The molecule has 0 unspecified atom stereocenters. The van der Waals surface area contributed by atoms with Crippen LogP contribution in [0.4, 0.5) is 13.2 Å². The first-order valence-electron chi connectivity index (χ1n) is 5.62. The molecular formula is C13H10ClF3N2S. The van der Waals surface area contributed by atoms with E-state index in [0.29, 0.717) is 0 Å². The van der Waals surface area contributed by atoms with Crippen molar-refractivity contribution in [2.45, 2.75) is 29.9 Å². The molecule has 0 aliphatic heterocycles. The molecule has 1 aromatic carbocycles. The van der Waals surface area contributed by atoms with E-state index < -0.39 is 17.2 Å². The predicted molar refractivity (Wildman–Crippen MR) is 72.1 cm³/mol. The molecule has 0 fully saturated rings. The number of halogens is 4. The summed E-state index contributed by atoms with van der Waals surface area (Å²) >= 11 is 6.70. The Labute approximate surface area is 123 Å². The lowest BCUT2D eigenvalue weighted by Gasteiger charge is -2.09. The Morgan fingerprint density at radius 3 is 2.45 bits per heavy atom. The van der Waals surface area contributed by atoms with Gasteiger partial charge in [-0.15, -0.1) is 0 Å². The SMILES string of the molecule is Cc1ccc(C)c(Sc2cc(C(F)(F)F)nc(Cl)n2)c1. The highest BCUT2D eigenvalue weighted by atomic mass is 35.5. The monoisotopic (exact) mass is 318 g/mol. The minimum atomic E-state index is -4.54. The summed E-state index contributed by atoms with van der Waals surface area (Å²) in [4.78, 5) is 7.87. The molecule has 2 nitrogen and oxygen atoms in total. The molecule has 20 heavy (non-hydrogen) atoms. The Kier molecular flexibility index (Phi) is 4.25. The Balaban J connectivity index is 2.39. The van der Waals surface area contributed by atoms with Crippen LogP contribution in [-0.4, -0.2) is 9.97 Å². The molecule has 0 bridgehead atoms. The quantitative estimate of drug-likeness (QED) is 0.581. The van der Waals surface area contributed by atoms with Crippen LogP contribution in [0, 0.1) is 13.8 Å². The second-order valence-electron chi connectivity index (χ2n) is 4.23. The number of hydrogen-bond acceptors (Lipinski definition) is 3. The van der Waals surface area contributed by atoms with Crippen molar-refractivity contribution in [3.8, 4) is 0 Å². The standard InChI is InChI=1S/C13H10ClF3N2S/c1-7-3-4-8(2)9(5-7)20-11-6-10(13(15,16)17)18-12(14)19-11/h3-6H,1-2H3. The molecule has 0 aliphatic rings. The van der Waals surface area contributed by atoms with E-state index in [0.717, 1.165) is 33.9 Å². The number of aromatic nitrogens is 2. The van der Waals surface area contributed by atoms with Crippen molar-refractivity contribution in [1.29, 1.82) is 0 Å². The van der Waals surface area contributed by atoms with Crippen LogP contribution in [-0.2, 0) is 6.18 Å². The first kappa shape index (κ1) is 15.1. The molecular weight excluding hydrogens is 309 g/mol. The minimum Gasteiger partial charge on any atom is -0.213 e. The van der Waals surface area contributed by atoms with Gasteiger partial charge in [-0.25, -0.2) is 9.97 Å². The normalized spacial score (nSPS) is 11.7. The fraction of sp³-hybridized carbons (Fsp3) is 0.231. The Morgan fingerprint density at radius 2 is 1.80 bits per heavy atom. The van der Waals surface area contributed by atoms with Crippen LogP contribution in [0.1, 0.15) is 16.8 Å². The molecule has 2 rings (SSSR count). The molecule has 0 aliphatic carbocycles. The zero-order valence-corrected chi connectivity index (χ0v) is 12.2. The lowest BCUT2D eigenvalue weighted by Crippen LogP contribution is -2.09. The first-order valence-corrected chi connectivity index (χ1v) is 6.82. The zero-order valence-electron chi connectivity index (χ0n) is 10.6. The molecule has 1 heterocycles. The number of alkyl halides is 3. The van der Waals surface area contributed by atoms with Crippen LogP contribution in [0.25, 0.3) is 0 Å². The van der Waals surface area contributed by atoms with Gasteiger partial charge in [0.2, 0.25) is 5.28 Å². The lowest BCUT2D eigenvalue weighted by molar-refractivity contribution is -0.141. The van der Waals surface area contributed by atoms with Gasteiger partial charge in [0.1, 0.15) is 5.03 Å². The van der Waals surface area contributed by atoms with Crippen molar-refractivity contribution < 1.29 is 13.2 Å². The maximum atomic E-state index is 12.7. The topological polar surface area (TPSA) is 25.8 Å². The Bertz CT molecular complexity index is 644. The summed E-state index contributed by atoms with van der Waals surface area (Å²) in [7, 11) is 0. The van der Waals surface area contributed by atoms with Crippen molar-refractivity contribution in [2.75, 3.05) is 0 Å². The van der Waals surface area contributed by atoms with Gasteiger partial charge in [0, 0.05) is 11.0 Å². The third-order valence-electron chi connectivity index (χ3n) is 2.52. The molecule has 0 spiro atoms. The first-order chi connectivity index (χ1) is 9.25. The van der Waals surface area contributed by atoms with Gasteiger partial charge in [-0.2, -0.15) is 13.2 Å². The average Bonchev–Trinajstić information content (AvgIpc) is 2.32. The van der Waals surface area contributed by atoms with Crippen LogP contribution >= 0.6 is 23.4 Å². The van der Waals surface area contributed by atoms with Gasteiger partial charge in [0.05, 0.1) is 0 Å². The van der Waals surface area contributed by atoms with Gasteiger partial charge in [-0.1, -0.05) is 23.9 Å². The number of nitrogens with zero attached hydrogens (tertiary/aromatic N) is 2. The number of hydrogen-bond donors (Lipinski definition) is 0. The molecule has 0 saturated carbocycles. The molecule has 7 heteroatoms. The number of rotatable bonds is 2. The van der Waals surface area contributed by atoms with Gasteiger partial charge < -0.3 is 0 Å². The van der Waals surface area contributed by atoms with Crippen molar-refractivity contribution in [1.82, 2.24) is 9.97 Å². The maximum absolute atomic E-state index is 12.7. The molecule has 0 atom stereocenters. The van der Waals surface area contributed by atoms with Crippen LogP contribution in [0.3, 0.4) is 0 Å². The molecule has 0 saturated heterocycles. The van der Waals surface area contributed by atoms with E-state index in [4.69, 9.17) is 11.6 Å². The largest absolute Gasteiger partial charge is 0.433 e. The van der Waals surface area contributed by atoms with Crippen molar-refractivity contribution >= 4 is 23.4 Å². The predicted octanol–water partition coefficient (Wildman–Crippen LogP) is 4.92. The molecule has 106 valence electrons. The molecule has 1 aromatic heterocycles. The van der Waals surface area contributed by atoms with Crippen molar-refractivity contribution in [3.05, 3.63) is 46.4 Å². The summed E-state index contributed by atoms with van der Waals surface area (Å²) in [6, 6.07) is 6.64. The molecule has 2 aromatic rings. The fourth-order valence-corrected chi connectivity index (χ4v) is 2.76. The Morgan fingerprint density at radius 1 is 1.10 bits per heavy atom. The van der Waals surface area contributed by atoms with E-state index in [9.17, 15) is 13.2 Å². The third kappa shape index (κ3) is 3.64.